The number of nitrogens with one attached hydrogen (secondary N) is 1. The number of carboxylic acids is 1. The number of hydrogen-bond donors (Lipinski definition) is 2. The summed E-state index contributed by atoms with van der Waals surface area (Å²) in [4.78, 5) is 23.0. The number of aliphatic carboxylic acids is 1. The first-order valence-electron chi connectivity index (χ1n) is 6.81. The van der Waals surface area contributed by atoms with Crippen molar-refractivity contribution in [3.8, 4) is 0 Å². The molecule has 1 atom stereocenters. The molecule has 1 aromatic carbocycles. The SMILES string of the molecule is COCCC(NC(=O)CN(C)S(=O)(=O)c1ccccc1)C(=O)O. The van der Waals surface area contributed by atoms with E-state index >= 15 is 0 Å². The quantitative estimate of drug-likeness (QED) is 0.647. The molecule has 0 aromatic heterocycles. The molecule has 23 heavy (non-hydrogen) atoms. The number of amides is 1. The summed E-state index contributed by atoms with van der Waals surface area (Å²) in [5, 5.41) is 11.3. The van der Waals surface area contributed by atoms with Gasteiger partial charge in [-0.25, -0.2) is 13.2 Å². The first-order chi connectivity index (χ1) is 10.8. The number of sulfonamides is 1. The largest absolute Gasteiger partial charge is 0.480 e. The lowest BCUT2D eigenvalue weighted by atomic mass is 10.2. The van der Waals surface area contributed by atoms with Gasteiger partial charge in [0.15, 0.2) is 0 Å². The highest BCUT2D eigenvalue weighted by Crippen LogP contribution is 2.12. The maximum atomic E-state index is 12.3. The molecule has 1 amide bonds. The van der Waals surface area contributed by atoms with Crippen LogP contribution < -0.4 is 5.32 Å². The Kier molecular flexibility index (Phi) is 7.14. The van der Waals surface area contributed by atoms with E-state index in [0.717, 1.165) is 4.31 Å². The first kappa shape index (κ1) is 19.1. The molecule has 1 rings (SSSR count). The van der Waals surface area contributed by atoms with Crippen molar-refractivity contribution in [1.29, 1.82) is 0 Å². The summed E-state index contributed by atoms with van der Waals surface area (Å²) in [7, 11) is -1.13. The number of nitrogens with zero attached hydrogens (tertiary/aromatic N) is 1. The molecule has 0 radical (unpaired) electrons. The van der Waals surface area contributed by atoms with E-state index in [2.05, 4.69) is 5.32 Å². The molecule has 0 spiro atoms. The predicted octanol–water partition coefficient (Wildman–Crippen LogP) is -0.0870. The number of hydrogen-bond acceptors (Lipinski definition) is 5. The van der Waals surface area contributed by atoms with E-state index in [1.807, 2.05) is 0 Å². The maximum absolute atomic E-state index is 12.3. The fraction of sp³-hybridized carbons (Fsp3) is 0.429. The Bertz CT molecular complexity index is 632. The van der Waals surface area contributed by atoms with Crippen molar-refractivity contribution < 1.29 is 27.9 Å². The van der Waals surface area contributed by atoms with Crippen molar-refractivity contribution in [3.63, 3.8) is 0 Å². The van der Waals surface area contributed by atoms with Crippen LogP contribution in [0.3, 0.4) is 0 Å². The number of methoxy groups -OCH3 is 1. The molecule has 8 nitrogen and oxygen atoms in total. The minimum Gasteiger partial charge on any atom is -0.480 e. The third kappa shape index (κ3) is 5.62. The minimum atomic E-state index is -3.81. The van der Waals surface area contributed by atoms with Gasteiger partial charge in [-0.3, -0.25) is 4.79 Å². The molecule has 9 heteroatoms. The van der Waals surface area contributed by atoms with E-state index in [1.54, 1.807) is 18.2 Å². The molecule has 0 heterocycles. The van der Waals surface area contributed by atoms with Gasteiger partial charge in [-0.1, -0.05) is 18.2 Å². The van der Waals surface area contributed by atoms with Crippen LogP contribution in [0.2, 0.25) is 0 Å². The Labute approximate surface area is 135 Å². The van der Waals surface area contributed by atoms with Crippen molar-refractivity contribution in [1.82, 2.24) is 9.62 Å². The van der Waals surface area contributed by atoms with Crippen LogP contribution in [0.15, 0.2) is 35.2 Å². The van der Waals surface area contributed by atoms with Crippen LogP contribution in [0, 0.1) is 0 Å². The fourth-order valence-electron chi connectivity index (χ4n) is 1.79. The van der Waals surface area contributed by atoms with E-state index < -0.39 is 34.5 Å². The number of likely N-dealkylation sites (N-methyl/N-ethyl adjacent to an activating group) is 1. The van der Waals surface area contributed by atoms with E-state index in [0.29, 0.717) is 0 Å². The Morgan fingerprint density at radius 3 is 2.43 bits per heavy atom. The van der Waals surface area contributed by atoms with Crippen LogP contribution in [-0.2, 0) is 24.3 Å². The number of rotatable bonds is 9. The number of benzene rings is 1. The second kappa shape index (κ2) is 8.61. The normalized spacial score (nSPS) is 12.8. The minimum absolute atomic E-state index is 0.0597. The van der Waals surface area contributed by atoms with Gasteiger partial charge >= 0.3 is 5.97 Å². The van der Waals surface area contributed by atoms with Crippen LogP contribution >= 0.6 is 0 Å². The topological polar surface area (TPSA) is 113 Å². The van der Waals surface area contributed by atoms with Gasteiger partial charge in [-0.15, -0.1) is 0 Å². The van der Waals surface area contributed by atoms with Crippen molar-refractivity contribution in [2.75, 3.05) is 27.3 Å². The monoisotopic (exact) mass is 344 g/mol. The summed E-state index contributed by atoms with van der Waals surface area (Å²) in [5.41, 5.74) is 0. The average Bonchev–Trinajstić information content (AvgIpc) is 2.51. The van der Waals surface area contributed by atoms with Gasteiger partial charge in [-0.2, -0.15) is 4.31 Å². The third-order valence-corrected chi connectivity index (χ3v) is 4.88. The van der Waals surface area contributed by atoms with Crippen LogP contribution in [0.1, 0.15) is 6.42 Å². The van der Waals surface area contributed by atoms with Gasteiger partial charge in [0.1, 0.15) is 6.04 Å². The number of ether oxygens (including phenoxy) is 1. The van der Waals surface area contributed by atoms with Gasteiger partial charge in [-0.05, 0) is 12.1 Å². The number of carbonyl (C=O) groups excluding carboxylic acids is 1. The standard InChI is InChI=1S/C14H20N2O6S/c1-16(23(20,21)11-6-4-3-5-7-11)10-13(17)15-12(14(18)19)8-9-22-2/h3-7,12H,8-10H2,1-2H3,(H,15,17)(H,18,19). The highest BCUT2D eigenvalue weighted by Gasteiger charge is 2.25. The maximum Gasteiger partial charge on any atom is 0.326 e. The molecule has 128 valence electrons. The van der Waals surface area contributed by atoms with Crippen molar-refractivity contribution in [2.24, 2.45) is 0 Å². The smallest absolute Gasteiger partial charge is 0.326 e. The molecule has 1 aromatic rings. The molecule has 0 aliphatic carbocycles. The van der Waals surface area contributed by atoms with Crippen LogP contribution in [0.25, 0.3) is 0 Å². The Morgan fingerprint density at radius 1 is 1.30 bits per heavy atom. The van der Waals surface area contributed by atoms with Crippen molar-refractivity contribution in [3.05, 3.63) is 30.3 Å². The second-order valence-corrected chi connectivity index (χ2v) is 6.86. The molecule has 2 N–H and O–H groups in total. The first-order valence-corrected chi connectivity index (χ1v) is 8.25. The average molecular weight is 344 g/mol. The number of carbonyl (C=O) groups is 2. The summed E-state index contributed by atoms with van der Waals surface area (Å²) in [6.45, 7) is -0.316. The molecule has 0 aliphatic rings. The molecule has 0 bridgehead atoms. The molecule has 0 saturated heterocycles. The van der Waals surface area contributed by atoms with E-state index in [1.165, 1.54) is 26.3 Å². The lowest BCUT2D eigenvalue weighted by Gasteiger charge is -2.19. The number of carboxylic acid groups (broad SMARTS) is 1. The van der Waals surface area contributed by atoms with Gasteiger partial charge in [0, 0.05) is 27.2 Å². The third-order valence-electron chi connectivity index (χ3n) is 3.06. The Balaban J connectivity index is 2.70. The molecular weight excluding hydrogens is 324 g/mol. The molecule has 0 saturated carbocycles. The van der Waals surface area contributed by atoms with Crippen molar-refractivity contribution >= 4 is 21.9 Å². The van der Waals surface area contributed by atoms with Gasteiger partial charge in [0.05, 0.1) is 11.4 Å². The van der Waals surface area contributed by atoms with Gasteiger partial charge < -0.3 is 15.2 Å². The highest BCUT2D eigenvalue weighted by atomic mass is 32.2. The summed E-state index contributed by atoms with van der Waals surface area (Å²) in [5.74, 6) is -1.90. The van der Waals surface area contributed by atoms with Gasteiger partial charge in [0.2, 0.25) is 15.9 Å². The van der Waals surface area contributed by atoms with Crippen LogP contribution in [-0.4, -0.2) is 63.1 Å². The zero-order chi connectivity index (χ0) is 17.5. The lowest BCUT2D eigenvalue weighted by Crippen LogP contribution is -2.46. The Hall–Kier alpha value is -1.97. The zero-order valence-electron chi connectivity index (χ0n) is 12.9. The second-order valence-electron chi connectivity index (χ2n) is 4.81. The fourth-order valence-corrected chi connectivity index (χ4v) is 2.94. The zero-order valence-corrected chi connectivity index (χ0v) is 13.7. The van der Waals surface area contributed by atoms with E-state index in [4.69, 9.17) is 9.84 Å². The molecular formula is C14H20N2O6S. The van der Waals surface area contributed by atoms with Crippen molar-refractivity contribution in [2.45, 2.75) is 17.4 Å². The molecule has 0 aliphatic heterocycles. The van der Waals surface area contributed by atoms with E-state index in [-0.39, 0.29) is 17.9 Å². The summed E-state index contributed by atoms with van der Waals surface area (Å²) in [6.07, 6.45) is 0.0900. The van der Waals surface area contributed by atoms with Crippen LogP contribution in [0.4, 0.5) is 0 Å². The molecule has 0 fully saturated rings. The summed E-state index contributed by atoms with van der Waals surface area (Å²) >= 11 is 0. The lowest BCUT2D eigenvalue weighted by molar-refractivity contribution is -0.142. The Morgan fingerprint density at radius 2 is 1.91 bits per heavy atom. The van der Waals surface area contributed by atoms with Crippen LogP contribution in [0.5, 0.6) is 0 Å². The summed E-state index contributed by atoms with van der Waals surface area (Å²) in [6, 6.07) is 6.54. The summed E-state index contributed by atoms with van der Waals surface area (Å²) < 4.78 is 30.2. The molecule has 1 unspecified atom stereocenters. The van der Waals surface area contributed by atoms with E-state index in [9.17, 15) is 18.0 Å². The van der Waals surface area contributed by atoms with Gasteiger partial charge in [0.25, 0.3) is 0 Å². The predicted molar refractivity (Wildman–Crippen MR) is 82.3 cm³/mol. The highest BCUT2D eigenvalue weighted by molar-refractivity contribution is 7.89.